The predicted molar refractivity (Wildman–Crippen MR) is 534 cm³/mol. The maximum absolute atomic E-state index is 13.0. The Bertz CT molecular complexity index is 5120. The summed E-state index contributed by atoms with van der Waals surface area (Å²) in [7, 11) is 0.343. The van der Waals surface area contributed by atoms with E-state index >= 15 is 0 Å². The Morgan fingerprint density at radius 3 is 0.944 bits per heavy atom. The van der Waals surface area contributed by atoms with Gasteiger partial charge in [-0.25, -0.2) is 19.2 Å². The zero-order valence-corrected chi connectivity index (χ0v) is 92.1. The molecule has 5 amide bonds. The summed E-state index contributed by atoms with van der Waals surface area (Å²) in [5.41, 5.74) is -4.04. The minimum absolute atomic E-state index is 0.0389. The number of aliphatic carboxylic acids is 1. The molecule has 4 spiro atoms. The number of likely N-dealkylation sites (tertiary alicyclic amines) is 4. The summed E-state index contributed by atoms with van der Waals surface area (Å²) in [5.74, 6) is 3.61. The Kier molecular flexibility index (Phi) is 44.9. The number of alkyl halides is 3. The fourth-order valence-electron chi connectivity index (χ4n) is 17.4. The van der Waals surface area contributed by atoms with Crippen molar-refractivity contribution >= 4 is 94.4 Å². The molecule has 31 nitrogen and oxygen atoms in total. The van der Waals surface area contributed by atoms with Crippen LogP contribution in [0.2, 0.25) is 0 Å². The second-order valence-corrected chi connectivity index (χ2v) is 41.1. The number of unbranched alkanes of at least 4 members (excludes halogenated alkanes) is 4. The van der Waals surface area contributed by atoms with E-state index in [1.807, 2.05) is 150 Å². The zero-order chi connectivity index (χ0) is 105. The van der Waals surface area contributed by atoms with Gasteiger partial charge in [0.2, 0.25) is 5.91 Å². The van der Waals surface area contributed by atoms with Crippen molar-refractivity contribution in [2.45, 2.75) is 309 Å². The molecule has 1 N–H and O–H groups in total. The van der Waals surface area contributed by atoms with Gasteiger partial charge in [-0.3, -0.25) is 19.2 Å². The van der Waals surface area contributed by atoms with Crippen molar-refractivity contribution in [3.8, 4) is 46.0 Å². The molecule has 4 saturated heterocycles. The van der Waals surface area contributed by atoms with E-state index in [4.69, 9.17) is 66.7 Å². The maximum atomic E-state index is 13.0. The number of carboxylic acid groups (broad SMARTS) is 1. The number of piperidine rings is 4. The molecule has 12 rings (SSSR count). The molecule has 0 radical (unpaired) electrons. The number of nitrogens with zero attached hydrogens (tertiary/aromatic N) is 5. The fourth-order valence-corrected chi connectivity index (χ4v) is 17.8. The fraction of sp³-hybridized carbons (Fsp3) is 0.610. The summed E-state index contributed by atoms with van der Waals surface area (Å²) in [6.45, 7) is 39.5. The molecule has 4 fully saturated rings. The van der Waals surface area contributed by atoms with E-state index in [0.717, 1.165) is 134 Å². The molecule has 4 aromatic carbocycles. The molecular weight excluding hydrogens is 1980 g/mol. The van der Waals surface area contributed by atoms with E-state index in [0.29, 0.717) is 117 Å². The summed E-state index contributed by atoms with van der Waals surface area (Å²) in [5, 5.41) is 8.93. The van der Waals surface area contributed by atoms with Crippen molar-refractivity contribution in [2.75, 3.05) is 107 Å². The van der Waals surface area contributed by atoms with E-state index in [1.54, 1.807) is 62.9 Å². The standard InChI is InChI=1S/C28H42N2O5.C26H37NO6.C24H33NO6.C20H24F3NO7S.C7H13O2.BrH.Zn/c1-7-29(8-2)24(31)15-10-9-12-21-20-28(34-23-14-11-13-22(33-6)25(21)23)16-18-30(19-17-28)26(32)35-27(3,4)5;1-6-31-22(28)13-8-7-10-19-18-26(32-21-12-9-11-20(30-5)23(19)21)14-16-27(17-15-26)24(29)33-25(2,3)4;1-23(2,3)31-22(28)25-14-12-24(13-15-25)16-17(8-5-6-11-20(26)27)21-18(29-4)9-7-10-19(21)30-24;1-18(2,3)30-17(25)24-10-8-19(9-11-24)12-15(31-32(26,27)20(21,22)23)16-13(28-4)6-5-7-14(16)29-19;1-3-5-6-7(8)9-4-2;;/h11,13-14,20H,7-10,12,15-19H2,1-6H3;9,11-12,18H,6-8,10,13-17H2,1-5H3;7,9-10,16H,5-6,8,11-15H2,1-4H3,(H,26,27);5-7,12H,8-11H2,1-4H3;1,3-6H2,2H3;1H;/q;;;;-1;;+2/p-1. The molecule has 0 aliphatic carbocycles. The summed E-state index contributed by atoms with van der Waals surface area (Å²) in [6, 6.07) is 22.0. The van der Waals surface area contributed by atoms with E-state index < -0.39 is 78.3 Å². The quantitative estimate of drug-likeness (QED) is 0.0105. The van der Waals surface area contributed by atoms with Crippen molar-refractivity contribution < 1.29 is 152 Å². The average molecular weight is 2130 g/mol. The van der Waals surface area contributed by atoms with Gasteiger partial charge in [0.1, 0.15) is 96.4 Å². The van der Waals surface area contributed by atoms with Crippen molar-refractivity contribution in [3.05, 3.63) is 126 Å². The number of amides is 5. The van der Waals surface area contributed by atoms with Gasteiger partial charge in [0.15, 0.2) is 5.76 Å². The first-order valence-electron chi connectivity index (χ1n) is 49.0. The summed E-state index contributed by atoms with van der Waals surface area (Å²) in [4.78, 5) is 104. The normalized spacial score (nSPS) is 16.6. The van der Waals surface area contributed by atoms with Crippen molar-refractivity contribution in [2.24, 2.45) is 0 Å². The number of esters is 2. The molecule has 0 unspecified atom stereocenters. The number of carbonyl (C=O) groups excluding carboxylic acids is 7. The Morgan fingerprint density at radius 1 is 0.415 bits per heavy atom. The molecule has 786 valence electrons. The number of carbonyl (C=O) groups is 8. The number of carboxylic acids is 1. The van der Waals surface area contributed by atoms with Crippen LogP contribution in [0.4, 0.5) is 32.3 Å². The Morgan fingerprint density at radius 2 is 0.683 bits per heavy atom. The third-order valence-electron chi connectivity index (χ3n) is 24.1. The Hall–Kier alpha value is -10.2. The van der Waals surface area contributed by atoms with Gasteiger partial charge in [0, 0.05) is 149 Å². The van der Waals surface area contributed by atoms with E-state index in [2.05, 4.69) is 47.7 Å². The topological polar surface area (TPSA) is 346 Å². The van der Waals surface area contributed by atoms with Gasteiger partial charge < -0.3 is 107 Å². The number of hydrogen-bond acceptors (Lipinski definition) is 25. The van der Waals surface area contributed by atoms with Crippen LogP contribution in [0.3, 0.4) is 0 Å². The van der Waals surface area contributed by atoms with E-state index in [-0.39, 0.29) is 85.5 Å². The number of rotatable bonds is 28. The van der Waals surface area contributed by atoms with Gasteiger partial charge in [-0.1, -0.05) is 30.7 Å². The minimum atomic E-state index is -5.93. The third-order valence-corrected chi connectivity index (χ3v) is 25.1. The molecule has 0 aromatic heterocycles. The second-order valence-electron chi connectivity index (χ2n) is 39.5. The molecule has 0 saturated carbocycles. The number of benzene rings is 4. The van der Waals surface area contributed by atoms with Crippen LogP contribution in [0, 0.1) is 6.92 Å². The van der Waals surface area contributed by atoms with Crippen molar-refractivity contribution in [1.29, 1.82) is 0 Å². The molecule has 8 aliphatic rings. The number of halogens is 4. The van der Waals surface area contributed by atoms with E-state index in [1.165, 1.54) is 57.7 Å². The van der Waals surface area contributed by atoms with Gasteiger partial charge in [0.05, 0.1) is 58.3 Å². The second kappa shape index (κ2) is 53.6. The molecular formula is C105H149BrF3N5O26SZn. The van der Waals surface area contributed by atoms with Crippen molar-refractivity contribution in [3.63, 3.8) is 0 Å². The van der Waals surface area contributed by atoms with Crippen LogP contribution < -0.4 is 37.9 Å². The summed E-state index contributed by atoms with van der Waals surface area (Å²) in [6.07, 6.45) is 21.5. The molecule has 8 aliphatic heterocycles. The summed E-state index contributed by atoms with van der Waals surface area (Å²) < 4.78 is 146. The summed E-state index contributed by atoms with van der Waals surface area (Å²) >= 11 is 4.25. The van der Waals surface area contributed by atoms with Crippen LogP contribution in [-0.2, 0) is 78.2 Å². The molecule has 8 heterocycles. The van der Waals surface area contributed by atoms with Gasteiger partial charge in [0.25, 0.3) is 0 Å². The first-order valence-corrected chi connectivity index (χ1v) is 57.4. The number of allylic oxidation sites excluding steroid dienone is 3. The average Bonchev–Trinajstić information content (AvgIpc) is 0.744. The van der Waals surface area contributed by atoms with Crippen LogP contribution in [0.1, 0.15) is 281 Å². The molecule has 4 aromatic rings. The van der Waals surface area contributed by atoms with Gasteiger partial charge >= 0.3 is 87.9 Å². The van der Waals surface area contributed by atoms with Gasteiger partial charge in [-0.2, -0.15) is 28.0 Å². The Balaban J connectivity index is 0.000000248. The third kappa shape index (κ3) is 35.4. The first-order chi connectivity index (χ1) is 66.9. The van der Waals surface area contributed by atoms with Crippen LogP contribution in [0.15, 0.2) is 97.1 Å². The number of hydrogen-bond donors (Lipinski definition) is 1. The molecule has 37 heteroatoms. The van der Waals surface area contributed by atoms with Crippen molar-refractivity contribution in [1.82, 2.24) is 24.5 Å². The first kappa shape index (κ1) is 119. The van der Waals surface area contributed by atoms with Crippen LogP contribution in [0.5, 0.6) is 46.0 Å². The van der Waals surface area contributed by atoms with Gasteiger partial charge in [-0.05, 0) is 252 Å². The monoisotopic (exact) mass is 2130 g/mol. The number of ether oxygens (including phenoxy) is 14. The van der Waals surface area contributed by atoms with E-state index in [9.17, 15) is 59.9 Å². The van der Waals surface area contributed by atoms with Crippen LogP contribution in [0.25, 0.3) is 22.5 Å². The molecule has 0 atom stereocenters. The predicted octanol–water partition coefficient (Wildman–Crippen LogP) is 22.4. The number of methoxy groups -OCH3 is 4. The Labute approximate surface area is 853 Å². The van der Waals surface area contributed by atoms with Crippen LogP contribution in [-0.4, -0.2) is 244 Å². The molecule has 0 bridgehead atoms. The SMILES string of the molecule is CCN(CC)C(=O)CCCCC1=CC2(CCN(C(=O)OC(C)(C)C)CC2)Oc2cccc(OC)c21.CCOC(=O)CCCCC1=CC2(CCN(C(=O)OC(C)(C)C)CC2)Oc2cccc(OC)c21.COc1cccc2c1C(CCCCC(=O)O)=CC1(CCN(C(=O)OC(C)(C)C)CC1)O2.COc1cccc2c1C(OS(=O)(=O)C(F)(F)F)=CC1(CCN(C(=O)OC(C)(C)C)CC1)O2.[CH2-]CCCC(=O)OCC.[Zn+][Br]. The van der Waals surface area contributed by atoms with Crippen LogP contribution >= 0.6 is 13.6 Å². The van der Waals surface area contributed by atoms with Gasteiger partial charge in [-0.15, -0.1) is 0 Å². The number of fused-ring (bicyclic) bond motifs is 4. The zero-order valence-electron chi connectivity index (χ0n) is 86.7. The molecule has 142 heavy (non-hydrogen) atoms.